The summed E-state index contributed by atoms with van der Waals surface area (Å²) in [5.74, 6) is -0.790. The topological polar surface area (TPSA) is 40.5 Å². The van der Waals surface area contributed by atoms with E-state index in [1.165, 1.54) is 5.56 Å². The van der Waals surface area contributed by atoms with Gasteiger partial charge in [0.1, 0.15) is 0 Å². The highest BCUT2D eigenvalue weighted by atomic mass is 79.9. The Morgan fingerprint density at radius 1 is 1.53 bits per heavy atom. The van der Waals surface area contributed by atoms with Crippen molar-refractivity contribution in [3.05, 3.63) is 34.3 Å². The maximum atomic E-state index is 10.7. The van der Waals surface area contributed by atoms with E-state index in [2.05, 4.69) is 40.0 Å². The minimum Gasteiger partial charge on any atom is -0.481 e. The Morgan fingerprint density at radius 3 is 2.82 bits per heavy atom. The van der Waals surface area contributed by atoms with Crippen LogP contribution in [0.3, 0.4) is 0 Å². The summed E-state index contributed by atoms with van der Waals surface area (Å²) in [4.78, 5) is 13.0. The summed E-state index contributed by atoms with van der Waals surface area (Å²) in [7, 11) is 2.06. The van der Waals surface area contributed by atoms with Gasteiger partial charge < -0.3 is 5.11 Å². The van der Waals surface area contributed by atoms with Crippen molar-refractivity contribution in [1.29, 1.82) is 0 Å². The monoisotopic (exact) mass is 297 g/mol. The van der Waals surface area contributed by atoms with Gasteiger partial charge in [-0.3, -0.25) is 9.69 Å². The molecule has 0 bridgehead atoms. The van der Waals surface area contributed by atoms with E-state index in [1.807, 2.05) is 12.1 Å². The van der Waals surface area contributed by atoms with Crippen molar-refractivity contribution in [2.24, 2.45) is 5.92 Å². The third kappa shape index (κ3) is 3.07. The molecule has 0 saturated heterocycles. The van der Waals surface area contributed by atoms with Crippen LogP contribution in [-0.4, -0.2) is 29.1 Å². The van der Waals surface area contributed by atoms with Gasteiger partial charge in [0.2, 0.25) is 0 Å². The van der Waals surface area contributed by atoms with Crippen molar-refractivity contribution in [3.8, 4) is 0 Å². The molecule has 0 radical (unpaired) electrons. The van der Waals surface area contributed by atoms with Crippen molar-refractivity contribution in [2.45, 2.75) is 25.4 Å². The molecule has 0 heterocycles. The van der Waals surface area contributed by atoms with Crippen molar-refractivity contribution in [2.75, 3.05) is 7.05 Å². The number of halogens is 1. The molecule has 0 aromatic heterocycles. The molecule has 0 unspecified atom stereocenters. The Hall–Kier alpha value is -0.870. The molecule has 1 fully saturated rings. The summed E-state index contributed by atoms with van der Waals surface area (Å²) in [6.45, 7) is 0.871. The number of nitrogens with zero attached hydrogens (tertiary/aromatic N) is 1. The second-order valence-corrected chi connectivity index (χ2v) is 5.62. The molecule has 1 aliphatic rings. The highest BCUT2D eigenvalue weighted by Crippen LogP contribution is 2.32. The Balaban J connectivity index is 1.86. The molecule has 0 aliphatic heterocycles. The zero-order chi connectivity index (χ0) is 12.4. The largest absolute Gasteiger partial charge is 0.481 e. The van der Waals surface area contributed by atoms with Crippen LogP contribution in [0.5, 0.6) is 0 Å². The van der Waals surface area contributed by atoms with E-state index in [1.54, 1.807) is 0 Å². The molecule has 1 N–H and O–H groups in total. The summed E-state index contributed by atoms with van der Waals surface area (Å²) < 4.78 is 1.08. The van der Waals surface area contributed by atoms with Crippen LogP contribution in [0.15, 0.2) is 28.7 Å². The van der Waals surface area contributed by atoms with Crippen LogP contribution in [0.25, 0.3) is 0 Å². The lowest BCUT2D eigenvalue weighted by Crippen LogP contribution is -2.44. The highest BCUT2D eigenvalue weighted by Gasteiger charge is 2.36. The number of carboxylic acids is 1. The van der Waals surface area contributed by atoms with Crippen molar-refractivity contribution in [3.63, 3.8) is 0 Å². The van der Waals surface area contributed by atoms with E-state index >= 15 is 0 Å². The second-order valence-electron chi connectivity index (χ2n) is 4.71. The summed E-state index contributed by atoms with van der Waals surface area (Å²) in [6.07, 6.45) is 1.56. The van der Waals surface area contributed by atoms with Crippen LogP contribution in [0.1, 0.15) is 18.4 Å². The molecule has 1 aliphatic carbocycles. The predicted molar refractivity (Wildman–Crippen MR) is 69.8 cm³/mol. The first-order valence-electron chi connectivity index (χ1n) is 5.73. The maximum absolute atomic E-state index is 10.7. The molecular formula is C13H16BrNO2. The van der Waals surface area contributed by atoms with Gasteiger partial charge in [-0.05, 0) is 37.6 Å². The fraction of sp³-hybridized carbons (Fsp3) is 0.462. The zero-order valence-corrected chi connectivity index (χ0v) is 11.4. The van der Waals surface area contributed by atoms with Gasteiger partial charge in [-0.25, -0.2) is 0 Å². The van der Waals surface area contributed by atoms with E-state index in [-0.39, 0.29) is 5.92 Å². The van der Waals surface area contributed by atoms with Crippen LogP contribution in [0, 0.1) is 5.92 Å². The van der Waals surface area contributed by atoms with Gasteiger partial charge in [-0.15, -0.1) is 0 Å². The molecule has 0 spiro atoms. The summed E-state index contributed by atoms with van der Waals surface area (Å²) >= 11 is 3.45. The molecule has 92 valence electrons. The van der Waals surface area contributed by atoms with E-state index in [4.69, 9.17) is 5.11 Å². The molecule has 4 heteroatoms. The first-order valence-corrected chi connectivity index (χ1v) is 6.53. The van der Waals surface area contributed by atoms with E-state index in [0.29, 0.717) is 6.04 Å². The van der Waals surface area contributed by atoms with Crippen LogP contribution in [0.4, 0.5) is 0 Å². The molecule has 3 nitrogen and oxygen atoms in total. The van der Waals surface area contributed by atoms with Gasteiger partial charge in [0, 0.05) is 17.1 Å². The first-order chi connectivity index (χ1) is 8.06. The smallest absolute Gasteiger partial charge is 0.306 e. The number of carboxylic acid groups (broad SMARTS) is 1. The number of hydrogen-bond acceptors (Lipinski definition) is 2. The maximum Gasteiger partial charge on any atom is 0.306 e. The molecule has 2 rings (SSSR count). The van der Waals surface area contributed by atoms with Crippen LogP contribution in [-0.2, 0) is 11.3 Å². The summed E-state index contributed by atoms with van der Waals surface area (Å²) in [5.41, 5.74) is 1.25. The molecule has 0 amide bonds. The molecule has 1 aromatic carbocycles. The van der Waals surface area contributed by atoms with Gasteiger partial charge in [0.05, 0.1) is 5.92 Å². The average molecular weight is 298 g/mol. The third-order valence-electron chi connectivity index (χ3n) is 3.41. The van der Waals surface area contributed by atoms with Gasteiger partial charge in [-0.1, -0.05) is 28.1 Å². The second kappa shape index (κ2) is 5.19. The standard InChI is InChI=1S/C13H16BrNO2/c1-15(12-6-10(7-12)13(16)17)8-9-3-2-4-11(14)5-9/h2-5,10,12H,6-8H2,1H3,(H,16,17). The average Bonchev–Trinajstić information content (AvgIpc) is 2.13. The normalized spacial score (nSPS) is 23.5. The fourth-order valence-corrected chi connectivity index (χ4v) is 2.65. The number of carbonyl (C=O) groups is 1. The Kier molecular flexibility index (Phi) is 3.84. The van der Waals surface area contributed by atoms with Gasteiger partial charge >= 0.3 is 5.97 Å². The van der Waals surface area contributed by atoms with Gasteiger partial charge in [0.15, 0.2) is 0 Å². The lowest BCUT2D eigenvalue weighted by atomic mass is 9.79. The van der Waals surface area contributed by atoms with E-state index < -0.39 is 5.97 Å². The minimum absolute atomic E-state index is 0.134. The molecule has 1 aromatic rings. The Morgan fingerprint density at radius 2 is 2.24 bits per heavy atom. The quantitative estimate of drug-likeness (QED) is 0.929. The molecule has 0 atom stereocenters. The predicted octanol–water partition coefficient (Wildman–Crippen LogP) is 2.74. The lowest BCUT2D eigenvalue weighted by Gasteiger charge is -2.39. The number of rotatable bonds is 4. The van der Waals surface area contributed by atoms with Gasteiger partial charge in [-0.2, -0.15) is 0 Å². The zero-order valence-electron chi connectivity index (χ0n) is 9.77. The lowest BCUT2D eigenvalue weighted by molar-refractivity contribution is -0.146. The Labute approximate surface area is 110 Å². The first kappa shape index (κ1) is 12.6. The fourth-order valence-electron chi connectivity index (χ4n) is 2.20. The SMILES string of the molecule is CN(Cc1cccc(Br)c1)C1CC(C(=O)O)C1. The number of hydrogen-bond donors (Lipinski definition) is 1. The molecule has 1 saturated carbocycles. The van der Waals surface area contributed by atoms with Crippen molar-refractivity contribution >= 4 is 21.9 Å². The summed E-state index contributed by atoms with van der Waals surface area (Å²) in [6, 6.07) is 8.63. The third-order valence-corrected chi connectivity index (χ3v) is 3.90. The van der Waals surface area contributed by atoms with E-state index in [9.17, 15) is 4.79 Å². The minimum atomic E-state index is -0.655. The summed E-state index contributed by atoms with van der Waals surface area (Å²) in [5, 5.41) is 8.83. The Bertz CT molecular complexity index is 416. The highest BCUT2D eigenvalue weighted by molar-refractivity contribution is 9.10. The molecule has 17 heavy (non-hydrogen) atoms. The van der Waals surface area contributed by atoms with Gasteiger partial charge in [0.25, 0.3) is 0 Å². The number of benzene rings is 1. The van der Waals surface area contributed by atoms with Crippen molar-refractivity contribution in [1.82, 2.24) is 4.90 Å². The number of aliphatic carboxylic acids is 1. The van der Waals surface area contributed by atoms with Crippen LogP contribution in [0.2, 0.25) is 0 Å². The molecular weight excluding hydrogens is 282 g/mol. The van der Waals surface area contributed by atoms with Crippen LogP contribution >= 0.6 is 15.9 Å². The van der Waals surface area contributed by atoms with Crippen LogP contribution < -0.4 is 0 Å². The van der Waals surface area contributed by atoms with E-state index in [0.717, 1.165) is 23.9 Å². The van der Waals surface area contributed by atoms with Crippen molar-refractivity contribution < 1.29 is 9.90 Å².